The van der Waals surface area contributed by atoms with Crippen LogP contribution in [0.1, 0.15) is 62.3 Å². The average Bonchev–Trinajstić information content (AvgIpc) is 3.44. The fraction of sp³-hybridized carbons (Fsp3) is 0.727. The Morgan fingerprint density at radius 3 is 2.37 bits per heavy atom. The number of carbonyl (C=O) groups is 2. The second kappa shape index (κ2) is 12.4. The van der Waals surface area contributed by atoms with Crippen LogP contribution in [0.2, 0.25) is 0 Å². The fourth-order valence-corrected chi connectivity index (χ4v) is 6.36. The van der Waals surface area contributed by atoms with E-state index in [4.69, 9.17) is 19.8 Å². The van der Waals surface area contributed by atoms with E-state index in [0.717, 1.165) is 19.5 Å². The van der Waals surface area contributed by atoms with E-state index < -0.39 is 0 Å². The number of aliphatic hydroxyl groups is 1. The standard InChI is InChI=1S/C20H32N2OS.2CH2O2/c1-2-20(15-23)11-17-6-7-19(20)22(17)13-18-10-16(14-24-18)12-21-8-4-3-5-9-21;2*2-1-3/h10,14,17,19,23H,2-9,11-13,15H2,1H3;2*1H,(H,2,3)/t17-,19+,20-;;/m0../s1. The smallest absolute Gasteiger partial charge is 0.290 e. The summed E-state index contributed by atoms with van der Waals surface area (Å²) in [5.41, 5.74) is 1.68. The number of piperidine rings is 1. The van der Waals surface area contributed by atoms with Crippen molar-refractivity contribution in [2.75, 3.05) is 19.7 Å². The highest BCUT2D eigenvalue weighted by molar-refractivity contribution is 7.10. The molecule has 0 aromatic carbocycles. The van der Waals surface area contributed by atoms with Crippen molar-refractivity contribution >= 4 is 24.3 Å². The normalized spacial score (nSPS) is 28.2. The second-order valence-electron chi connectivity index (χ2n) is 8.47. The number of nitrogens with zero attached hydrogens (tertiary/aromatic N) is 2. The number of hydrogen-bond acceptors (Lipinski definition) is 6. The quantitative estimate of drug-likeness (QED) is 0.584. The van der Waals surface area contributed by atoms with Crippen molar-refractivity contribution in [2.24, 2.45) is 5.41 Å². The van der Waals surface area contributed by atoms with Gasteiger partial charge in [-0.3, -0.25) is 19.4 Å². The maximum atomic E-state index is 9.98. The molecule has 0 spiro atoms. The minimum absolute atomic E-state index is 0.177. The van der Waals surface area contributed by atoms with Gasteiger partial charge in [-0.1, -0.05) is 13.3 Å². The molecule has 4 rings (SSSR count). The lowest BCUT2D eigenvalue weighted by Gasteiger charge is -2.35. The summed E-state index contributed by atoms with van der Waals surface area (Å²) in [6, 6.07) is 3.75. The molecule has 3 saturated heterocycles. The molecule has 3 aliphatic heterocycles. The van der Waals surface area contributed by atoms with Crippen molar-refractivity contribution in [1.29, 1.82) is 0 Å². The Labute approximate surface area is 183 Å². The van der Waals surface area contributed by atoms with Gasteiger partial charge < -0.3 is 15.3 Å². The number of carboxylic acid groups (broad SMARTS) is 2. The lowest BCUT2D eigenvalue weighted by Crippen LogP contribution is -2.39. The molecule has 3 fully saturated rings. The molecule has 7 nitrogen and oxygen atoms in total. The zero-order valence-electron chi connectivity index (χ0n) is 17.9. The predicted octanol–water partition coefficient (Wildman–Crippen LogP) is 3.26. The molecule has 3 aliphatic rings. The van der Waals surface area contributed by atoms with Gasteiger partial charge in [0.15, 0.2) is 0 Å². The molecule has 170 valence electrons. The highest BCUT2D eigenvalue weighted by atomic mass is 32.1. The van der Waals surface area contributed by atoms with E-state index in [2.05, 4.69) is 28.2 Å². The highest BCUT2D eigenvalue weighted by Gasteiger charge is 2.54. The zero-order valence-corrected chi connectivity index (χ0v) is 18.7. The van der Waals surface area contributed by atoms with Crippen molar-refractivity contribution in [1.82, 2.24) is 9.80 Å². The number of aliphatic hydroxyl groups excluding tert-OH is 1. The summed E-state index contributed by atoms with van der Waals surface area (Å²) in [7, 11) is 0. The highest BCUT2D eigenvalue weighted by Crippen LogP contribution is 2.52. The summed E-state index contributed by atoms with van der Waals surface area (Å²) in [4.78, 5) is 23.6. The fourth-order valence-electron chi connectivity index (χ4n) is 5.47. The molecule has 1 aromatic heterocycles. The van der Waals surface area contributed by atoms with Crippen molar-refractivity contribution < 1.29 is 24.9 Å². The summed E-state index contributed by atoms with van der Waals surface area (Å²) >= 11 is 1.94. The Bertz CT molecular complexity index is 637. The molecule has 0 radical (unpaired) electrons. The number of fused-ring (bicyclic) bond motifs is 2. The Morgan fingerprint density at radius 2 is 1.80 bits per heavy atom. The van der Waals surface area contributed by atoms with E-state index in [9.17, 15) is 5.11 Å². The number of hydrogen-bond donors (Lipinski definition) is 3. The first-order valence-electron chi connectivity index (χ1n) is 10.9. The molecule has 0 unspecified atom stereocenters. The minimum Gasteiger partial charge on any atom is -0.483 e. The summed E-state index contributed by atoms with van der Waals surface area (Å²) in [6.45, 7) is 6.91. The van der Waals surface area contributed by atoms with Crippen molar-refractivity contribution in [3.05, 3.63) is 21.9 Å². The lowest BCUT2D eigenvalue weighted by atomic mass is 9.72. The first-order valence-corrected chi connectivity index (χ1v) is 11.8. The third-order valence-electron chi connectivity index (χ3n) is 6.91. The van der Waals surface area contributed by atoms with Crippen LogP contribution in [0, 0.1) is 5.41 Å². The van der Waals surface area contributed by atoms with E-state index in [1.165, 1.54) is 62.1 Å². The van der Waals surface area contributed by atoms with Crippen LogP contribution in [0.4, 0.5) is 0 Å². The lowest BCUT2D eigenvalue weighted by molar-refractivity contribution is -0.123. The van der Waals surface area contributed by atoms with E-state index in [1.807, 2.05) is 11.3 Å². The van der Waals surface area contributed by atoms with E-state index in [0.29, 0.717) is 18.7 Å². The molecule has 4 heterocycles. The van der Waals surface area contributed by atoms with Crippen molar-refractivity contribution in [3.8, 4) is 0 Å². The van der Waals surface area contributed by atoms with E-state index in [-0.39, 0.29) is 18.4 Å². The molecule has 2 bridgehead atoms. The summed E-state index contributed by atoms with van der Waals surface area (Å²) in [5, 5.41) is 26.1. The van der Waals surface area contributed by atoms with Gasteiger partial charge in [0.2, 0.25) is 0 Å². The van der Waals surface area contributed by atoms with Gasteiger partial charge in [0, 0.05) is 35.5 Å². The van der Waals surface area contributed by atoms with Crippen LogP contribution in [0.15, 0.2) is 11.4 Å². The van der Waals surface area contributed by atoms with Gasteiger partial charge in [-0.05, 0) is 68.6 Å². The molecular weight excluding hydrogens is 404 g/mol. The molecular formula is C22H36N2O5S. The van der Waals surface area contributed by atoms with Crippen LogP contribution in [0.25, 0.3) is 0 Å². The topological polar surface area (TPSA) is 101 Å². The molecule has 3 N–H and O–H groups in total. The van der Waals surface area contributed by atoms with Crippen LogP contribution in [0.5, 0.6) is 0 Å². The third kappa shape index (κ3) is 6.03. The van der Waals surface area contributed by atoms with Gasteiger partial charge >= 0.3 is 0 Å². The molecule has 0 saturated carbocycles. The molecule has 8 heteroatoms. The SMILES string of the molecule is CC[C@@]1(CO)C[C@@H]2CC[C@H]1N2Cc1cc(CN2CCCCC2)cs1.O=CO.O=CO. The molecule has 1 aromatic rings. The number of rotatable bonds is 6. The molecule has 3 atom stereocenters. The van der Waals surface area contributed by atoms with E-state index in [1.54, 1.807) is 0 Å². The molecule has 30 heavy (non-hydrogen) atoms. The minimum atomic E-state index is -0.250. The number of thiophene rings is 1. The van der Waals surface area contributed by atoms with Crippen LogP contribution in [0.3, 0.4) is 0 Å². The van der Waals surface area contributed by atoms with E-state index >= 15 is 0 Å². The van der Waals surface area contributed by atoms with Gasteiger partial charge in [-0.2, -0.15) is 0 Å². The van der Waals surface area contributed by atoms with Crippen molar-refractivity contribution in [3.63, 3.8) is 0 Å². The van der Waals surface area contributed by atoms with Crippen LogP contribution in [-0.4, -0.2) is 69.8 Å². The Balaban J connectivity index is 0.000000480. The van der Waals surface area contributed by atoms with Gasteiger partial charge in [0.1, 0.15) is 0 Å². The predicted molar refractivity (Wildman–Crippen MR) is 118 cm³/mol. The van der Waals surface area contributed by atoms with Gasteiger partial charge in [0.05, 0.1) is 6.61 Å². The van der Waals surface area contributed by atoms with Crippen molar-refractivity contribution in [2.45, 2.75) is 77.0 Å². The average molecular weight is 441 g/mol. The summed E-state index contributed by atoms with van der Waals surface area (Å²) < 4.78 is 0. The maximum absolute atomic E-state index is 9.98. The Morgan fingerprint density at radius 1 is 1.13 bits per heavy atom. The van der Waals surface area contributed by atoms with Crippen LogP contribution in [-0.2, 0) is 22.7 Å². The van der Waals surface area contributed by atoms with Crippen LogP contribution >= 0.6 is 11.3 Å². The molecule has 0 aliphatic carbocycles. The van der Waals surface area contributed by atoms with Gasteiger partial charge in [-0.25, -0.2) is 0 Å². The zero-order chi connectivity index (χ0) is 22.0. The Hall–Kier alpha value is -1.48. The Kier molecular flexibility index (Phi) is 10.2. The largest absolute Gasteiger partial charge is 0.483 e. The summed E-state index contributed by atoms with van der Waals surface area (Å²) in [5.74, 6) is 0. The third-order valence-corrected chi connectivity index (χ3v) is 7.88. The van der Waals surface area contributed by atoms with Gasteiger partial charge in [-0.15, -0.1) is 11.3 Å². The number of likely N-dealkylation sites (tertiary alicyclic amines) is 1. The maximum Gasteiger partial charge on any atom is 0.290 e. The molecule has 0 amide bonds. The van der Waals surface area contributed by atoms with Crippen LogP contribution < -0.4 is 0 Å². The first kappa shape index (κ1) is 24.8. The second-order valence-corrected chi connectivity index (χ2v) is 9.46. The van der Waals surface area contributed by atoms with Gasteiger partial charge in [0.25, 0.3) is 12.9 Å². The monoisotopic (exact) mass is 440 g/mol. The summed E-state index contributed by atoms with van der Waals surface area (Å²) in [6.07, 6.45) is 9.09. The first-order chi connectivity index (χ1) is 14.6.